The van der Waals surface area contributed by atoms with Gasteiger partial charge in [-0.3, -0.25) is 14.5 Å². The van der Waals surface area contributed by atoms with Gasteiger partial charge in [-0.25, -0.2) is 17.6 Å². The van der Waals surface area contributed by atoms with Gasteiger partial charge in [0.05, 0.1) is 5.69 Å². The first-order valence-corrected chi connectivity index (χ1v) is 12.1. The molecule has 2 atom stereocenters. The lowest BCUT2D eigenvalue weighted by atomic mass is 9.87. The summed E-state index contributed by atoms with van der Waals surface area (Å²) in [6.07, 6.45) is -0.818. The zero-order valence-electron chi connectivity index (χ0n) is 19.4. The molecule has 0 spiro atoms. The summed E-state index contributed by atoms with van der Waals surface area (Å²) < 4.78 is 55.6. The number of anilines is 2. The van der Waals surface area contributed by atoms with Crippen LogP contribution in [0.15, 0.2) is 66.7 Å². The number of para-hydroxylation sites is 1. The highest BCUT2D eigenvalue weighted by Gasteiger charge is 2.47. The van der Waals surface area contributed by atoms with E-state index in [9.17, 15) is 27.2 Å². The SMILES string of the molecule is O=C(NC1CC(F)(F)C1)[C@H](c1ccccc1Cl)N(C(=O)[C@@H]1Cc2ccccc2N1)c1cc(F)cc(F)c1. The standard InChI is InChI=1S/C27H22ClF4N3O2/c28-21-7-3-2-6-20(21)24(25(36)33-18-13-27(31,32)14-18)35(19-11-16(29)10-17(30)12-19)26(37)23-9-15-5-1-4-8-22(15)34-23/h1-8,10-12,18,23-24,34H,9,13-14H2,(H,33,36)/t23-,24-/m0/s1. The first kappa shape index (κ1) is 25.1. The maximum absolute atomic E-state index is 14.3. The number of alkyl halides is 2. The number of benzene rings is 3. The first-order valence-electron chi connectivity index (χ1n) is 11.7. The molecule has 0 saturated heterocycles. The molecule has 2 amide bonds. The predicted octanol–water partition coefficient (Wildman–Crippen LogP) is 5.64. The smallest absolute Gasteiger partial charge is 0.252 e. The number of fused-ring (bicyclic) bond motifs is 1. The van der Waals surface area contributed by atoms with Crippen molar-refractivity contribution in [2.24, 2.45) is 0 Å². The average Bonchev–Trinajstić information content (AvgIpc) is 3.25. The van der Waals surface area contributed by atoms with Gasteiger partial charge in [-0.15, -0.1) is 0 Å². The van der Waals surface area contributed by atoms with E-state index in [1.807, 2.05) is 12.1 Å². The second kappa shape index (κ2) is 9.70. The third kappa shape index (κ3) is 5.13. The summed E-state index contributed by atoms with van der Waals surface area (Å²) in [5, 5.41) is 5.79. The molecule has 2 N–H and O–H groups in total. The van der Waals surface area contributed by atoms with Crippen LogP contribution in [-0.4, -0.2) is 29.8 Å². The van der Waals surface area contributed by atoms with Gasteiger partial charge in [0.25, 0.3) is 11.8 Å². The van der Waals surface area contributed by atoms with Gasteiger partial charge < -0.3 is 10.6 Å². The topological polar surface area (TPSA) is 61.4 Å². The molecule has 3 aromatic carbocycles. The van der Waals surface area contributed by atoms with Gasteiger partial charge >= 0.3 is 0 Å². The minimum Gasteiger partial charge on any atom is -0.373 e. The summed E-state index contributed by atoms with van der Waals surface area (Å²) in [7, 11) is 0. The Balaban J connectivity index is 1.58. The first-order chi connectivity index (χ1) is 17.6. The van der Waals surface area contributed by atoms with Crippen molar-refractivity contribution in [1.29, 1.82) is 0 Å². The number of nitrogens with one attached hydrogen (secondary N) is 2. The lowest BCUT2D eigenvalue weighted by Gasteiger charge is -2.38. The quantitative estimate of drug-likeness (QED) is 0.405. The Kier molecular flexibility index (Phi) is 6.58. The number of halogens is 5. The number of carbonyl (C=O) groups is 2. The van der Waals surface area contributed by atoms with E-state index in [0.717, 1.165) is 28.3 Å². The fourth-order valence-electron chi connectivity index (χ4n) is 4.83. The molecule has 0 radical (unpaired) electrons. The molecule has 3 aromatic rings. The van der Waals surface area contributed by atoms with Crippen LogP contribution in [0, 0.1) is 11.6 Å². The molecule has 1 saturated carbocycles. The molecule has 192 valence electrons. The summed E-state index contributed by atoms with van der Waals surface area (Å²) >= 11 is 6.42. The second-order valence-electron chi connectivity index (χ2n) is 9.29. The molecule has 0 bridgehead atoms. The van der Waals surface area contributed by atoms with Crippen molar-refractivity contribution in [3.8, 4) is 0 Å². The number of hydrogen-bond donors (Lipinski definition) is 2. The van der Waals surface area contributed by atoms with E-state index in [1.165, 1.54) is 12.1 Å². The third-order valence-corrected chi connectivity index (χ3v) is 6.92. The Hall–Kier alpha value is -3.59. The van der Waals surface area contributed by atoms with E-state index in [0.29, 0.717) is 6.07 Å². The van der Waals surface area contributed by atoms with Gasteiger partial charge in [-0.1, -0.05) is 48.0 Å². The molecule has 2 aliphatic rings. The van der Waals surface area contributed by atoms with E-state index < -0.39 is 60.3 Å². The summed E-state index contributed by atoms with van der Waals surface area (Å²) in [5.74, 6) is -6.22. The maximum atomic E-state index is 14.3. The van der Waals surface area contributed by atoms with E-state index in [4.69, 9.17) is 11.6 Å². The molecule has 10 heteroatoms. The highest BCUT2D eigenvalue weighted by Crippen LogP contribution is 2.39. The number of hydrogen-bond acceptors (Lipinski definition) is 3. The Bertz CT molecular complexity index is 1320. The fraction of sp³-hybridized carbons (Fsp3) is 0.259. The Morgan fingerprint density at radius 3 is 2.30 bits per heavy atom. The van der Waals surface area contributed by atoms with Gasteiger partial charge in [-0.05, 0) is 29.8 Å². The molecule has 0 aromatic heterocycles. The van der Waals surface area contributed by atoms with E-state index >= 15 is 0 Å². The lowest BCUT2D eigenvalue weighted by molar-refractivity contribution is -0.132. The van der Waals surface area contributed by atoms with E-state index in [1.54, 1.807) is 24.3 Å². The van der Waals surface area contributed by atoms with Crippen LogP contribution >= 0.6 is 11.6 Å². The van der Waals surface area contributed by atoms with Crippen molar-refractivity contribution < 1.29 is 27.2 Å². The van der Waals surface area contributed by atoms with Crippen molar-refractivity contribution in [1.82, 2.24) is 5.32 Å². The van der Waals surface area contributed by atoms with Crippen molar-refractivity contribution >= 4 is 34.8 Å². The van der Waals surface area contributed by atoms with Crippen molar-refractivity contribution in [2.45, 2.75) is 43.3 Å². The minimum absolute atomic E-state index is 0.124. The summed E-state index contributed by atoms with van der Waals surface area (Å²) in [4.78, 5) is 28.6. The maximum Gasteiger partial charge on any atom is 0.252 e. The Morgan fingerprint density at radius 2 is 1.65 bits per heavy atom. The third-order valence-electron chi connectivity index (χ3n) is 6.57. The Labute approximate surface area is 215 Å². The molecule has 1 fully saturated rings. The zero-order valence-corrected chi connectivity index (χ0v) is 20.1. The van der Waals surface area contributed by atoms with Crippen LogP contribution in [0.25, 0.3) is 0 Å². The van der Waals surface area contributed by atoms with Crippen LogP contribution in [0.4, 0.5) is 28.9 Å². The molecule has 5 nitrogen and oxygen atoms in total. The lowest BCUT2D eigenvalue weighted by Crippen LogP contribution is -2.55. The molecule has 1 heterocycles. The Morgan fingerprint density at radius 1 is 1.00 bits per heavy atom. The number of carbonyl (C=O) groups excluding carboxylic acids is 2. The van der Waals surface area contributed by atoms with Crippen LogP contribution < -0.4 is 15.5 Å². The van der Waals surface area contributed by atoms with Gasteiger partial charge in [0.1, 0.15) is 23.7 Å². The van der Waals surface area contributed by atoms with Gasteiger partial charge in [0.2, 0.25) is 5.91 Å². The molecule has 5 rings (SSSR count). The summed E-state index contributed by atoms with van der Waals surface area (Å²) in [5.41, 5.74) is 1.56. The van der Waals surface area contributed by atoms with Crippen LogP contribution in [-0.2, 0) is 16.0 Å². The van der Waals surface area contributed by atoms with Crippen molar-refractivity contribution in [3.63, 3.8) is 0 Å². The molecule has 0 unspecified atom stereocenters. The summed E-state index contributed by atoms with van der Waals surface area (Å²) in [6.45, 7) is 0. The van der Waals surface area contributed by atoms with Crippen molar-refractivity contribution in [3.05, 3.63) is 94.5 Å². The van der Waals surface area contributed by atoms with E-state index in [-0.39, 0.29) is 22.7 Å². The molecule has 1 aliphatic carbocycles. The molecule has 37 heavy (non-hydrogen) atoms. The van der Waals surface area contributed by atoms with Gasteiger partial charge in [0.15, 0.2) is 0 Å². The average molecular weight is 532 g/mol. The zero-order chi connectivity index (χ0) is 26.3. The minimum atomic E-state index is -2.89. The predicted molar refractivity (Wildman–Crippen MR) is 132 cm³/mol. The van der Waals surface area contributed by atoms with E-state index in [2.05, 4.69) is 10.6 Å². The number of nitrogens with zero attached hydrogens (tertiary/aromatic N) is 1. The van der Waals surface area contributed by atoms with Gasteiger partial charge in [0, 0.05) is 47.6 Å². The second-order valence-corrected chi connectivity index (χ2v) is 9.70. The number of amides is 2. The normalized spacial score (nSPS) is 18.8. The monoisotopic (exact) mass is 531 g/mol. The van der Waals surface area contributed by atoms with Crippen LogP contribution in [0.2, 0.25) is 5.02 Å². The molecule has 1 aliphatic heterocycles. The van der Waals surface area contributed by atoms with Crippen molar-refractivity contribution in [2.75, 3.05) is 10.2 Å². The van der Waals surface area contributed by atoms with Gasteiger partial charge in [-0.2, -0.15) is 0 Å². The largest absolute Gasteiger partial charge is 0.373 e. The fourth-order valence-corrected chi connectivity index (χ4v) is 5.07. The summed E-state index contributed by atoms with van der Waals surface area (Å²) in [6, 6.07) is 12.9. The number of rotatable bonds is 6. The molecular formula is C27H22ClF4N3O2. The highest BCUT2D eigenvalue weighted by molar-refractivity contribution is 6.31. The van der Waals surface area contributed by atoms with Crippen LogP contribution in [0.3, 0.4) is 0 Å². The van der Waals surface area contributed by atoms with Crippen LogP contribution in [0.5, 0.6) is 0 Å². The highest BCUT2D eigenvalue weighted by atomic mass is 35.5. The molecular weight excluding hydrogens is 510 g/mol. The van der Waals surface area contributed by atoms with Crippen LogP contribution in [0.1, 0.15) is 30.0 Å².